The number of ketones is 1. The minimum absolute atomic E-state index is 0.00429. The lowest BCUT2D eigenvalue weighted by molar-refractivity contribution is -0.145. The first-order valence-electron chi connectivity index (χ1n) is 7.23. The number of hydrogen-bond acceptors (Lipinski definition) is 6. The summed E-state index contributed by atoms with van der Waals surface area (Å²) in [4.78, 5) is 24.2. The van der Waals surface area contributed by atoms with E-state index in [1.165, 1.54) is 17.4 Å². The number of rotatable bonds is 7. The van der Waals surface area contributed by atoms with E-state index in [4.69, 9.17) is 9.47 Å². The summed E-state index contributed by atoms with van der Waals surface area (Å²) < 4.78 is 10.2. The molecular formula is C18H15NO4S. The van der Waals surface area contributed by atoms with E-state index in [1.54, 1.807) is 48.7 Å². The molecule has 0 aliphatic carbocycles. The number of Topliss-reactive ketones (excluding diaryl/α,β-unsaturated/α-hetero) is 1. The molecule has 0 amide bonds. The molecule has 2 aromatic rings. The molecule has 122 valence electrons. The summed E-state index contributed by atoms with van der Waals surface area (Å²) in [5.41, 5.74) is 0.549. The Morgan fingerprint density at radius 1 is 1.25 bits per heavy atom. The third kappa shape index (κ3) is 4.54. The van der Waals surface area contributed by atoms with Gasteiger partial charge in [-0.1, -0.05) is 24.3 Å². The monoisotopic (exact) mass is 341 g/mol. The van der Waals surface area contributed by atoms with Crippen molar-refractivity contribution in [3.8, 4) is 11.8 Å². The Morgan fingerprint density at radius 3 is 2.71 bits per heavy atom. The highest BCUT2D eigenvalue weighted by molar-refractivity contribution is 7.12. The highest BCUT2D eigenvalue weighted by Crippen LogP contribution is 2.23. The van der Waals surface area contributed by atoms with Gasteiger partial charge >= 0.3 is 5.97 Å². The smallest absolute Gasteiger partial charge is 0.344 e. The molecule has 0 aliphatic rings. The molecule has 0 aliphatic heterocycles. The summed E-state index contributed by atoms with van der Waals surface area (Å²) in [7, 11) is 0. The number of hydrogen-bond donors (Lipinski definition) is 0. The Labute approximate surface area is 143 Å². The summed E-state index contributed by atoms with van der Waals surface area (Å²) in [6.45, 7) is 1.75. The van der Waals surface area contributed by atoms with Crippen LogP contribution >= 0.6 is 11.3 Å². The van der Waals surface area contributed by atoms with E-state index in [2.05, 4.69) is 0 Å². The second-order valence-corrected chi connectivity index (χ2v) is 5.56. The molecule has 0 fully saturated rings. The van der Waals surface area contributed by atoms with Crippen LogP contribution in [0.1, 0.15) is 22.2 Å². The van der Waals surface area contributed by atoms with Gasteiger partial charge < -0.3 is 9.47 Å². The van der Waals surface area contributed by atoms with Gasteiger partial charge in [-0.3, -0.25) is 4.79 Å². The molecular weight excluding hydrogens is 326 g/mol. The van der Waals surface area contributed by atoms with Crippen LogP contribution in [0.25, 0.3) is 6.08 Å². The molecule has 0 radical (unpaired) electrons. The van der Waals surface area contributed by atoms with E-state index in [0.717, 1.165) is 0 Å². The van der Waals surface area contributed by atoms with Gasteiger partial charge in [0.05, 0.1) is 11.5 Å². The lowest BCUT2D eigenvalue weighted by Gasteiger charge is -2.08. The van der Waals surface area contributed by atoms with Gasteiger partial charge in [0.25, 0.3) is 0 Å². The normalized spacial score (nSPS) is 10.8. The van der Waals surface area contributed by atoms with E-state index >= 15 is 0 Å². The molecule has 1 aromatic heterocycles. The highest BCUT2D eigenvalue weighted by atomic mass is 32.1. The van der Waals surface area contributed by atoms with Gasteiger partial charge in [0.2, 0.25) is 5.78 Å². The second-order valence-electron chi connectivity index (χ2n) is 4.61. The van der Waals surface area contributed by atoms with Gasteiger partial charge in [-0.05, 0) is 30.5 Å². The maximum Gasteiger partial charge on any atom is 0.344 e. The fourth-order valence-corrected chi connectivity index (χ4v) is 2.59. The van der Waals surface area contributed by atoms with Crippen LogP contribution in [-0.2, 0) is 9.53 Å². The van der Waals surface area contributed by atoms with Crippen molar-refractivity contribution in [1.82, 2.24) is 0 Å². The fourth-order valence-electron chi connectivity index (χ4n) is 1.92. The van der Waals surface area contributed by atoms with Crippen molar-refractivity contribution in [2.75, 3.05) is 13.2 Å². The average molecular weight is 341 g/mol. The van der Waals surface area contributed by atoms with Gasteiger partial charge in [-0.2, -0.15) is 5.26 Å². The van der Waals surface area contributed by atoms with E-state index in [9.17, 15) is 14.9 Å². The largest absolute Gasteiger partial charge is 0.481 e. The minimum Gasteiger partial charge on any atom is -0.481 e. The lowest BCUT2D eigenvalue weighted by Crippen LogP contribution is -2.15. The summed E-state index contributed by atoms with van der Waals surface area (Å²) in [5, 5.41) is 11.1. The van der Waals surface area contributed by atoms with Crippen LogP contribution in [0, 0.1) is 11.3 Å². The van der Waals surface area contributed by atoms with Crippen LogP contribution in [-0.4, -0.2) is 25.0 Å². The quantitative estimate of drug-likeness (QED) is 0.333. The number of benzene rings is 1. The second kappa shape index (κ2) is 8.65. The zero-order valence-electron chi connectivity index (χ0n) is 13.0. The van der Waals surface area contributed by atoms with Crippen LogP contribution in [0.2, 0.25) is 0 Å². The standard InChI is InChI=1S/C18H15NO4S/c1-2-22-17(20)12-23-15-7-4-3-6-13(15)10-14(11-19)18(21)16-8-5-9-24-16/h3-10H,2,12H2,1H3. The molecule has 0 unspecified atom stereocenters. The molecule has 6 heteroatoms. The molecule has 0 saturated heterocycles. The molecule has 0 saturated carbocycles. The molecule has 2 rings (SSSR count). The van der Waals surface area contributed by atoms with Gasteiger partial charge in [-0.25, -0.2) is 4.79 Å². The zero-order chi connectivity index (χ0) is 17.4. The number of ether oxygens (including phenoxy) is 2. The summed E-state index contributed by atoms with van der Waals surface area (Å²) >= 11 is 1.28. The minimum atomic E-state index is -0.480. The van der Waals surface area contributed by atoms with Gasteiger partial charge in [0.15, 0.2) is 6.61 Å². The van der Waals surface area contributed by atoms with Crippen LogP contribution in [0.15, 0.2) is 47.4 Å². The zero-order valence-corrected chi connectivity index (χ0v) is 13.8. The maximum absolute atomic E-state index is 12.3. The van der Waals surface area contributed by atoms with Crippen molar-refractivity contribution < 1.29 is 19.1 Å². The van der Waals surface area contributed by atoms with Crippen molar-refractivity contribution in [3.63, 3.8) is 0 Å². The molecule has 1 heterocycles. The Balaban J connectivity index is 2.23. The number of nitriles is 1. The third-order valence-electron chi connectivity index (χ3n) is 2.98. The number of carbonyl (C=O) groups excluding carboxylic acids is 2. The Hall–Kier alpha value is -2.91. The van der Waals surface area contributed by atoms with E-state index in [0.29, 0.717) is 16.2 Å². The topological polar surface area (TPSA) is 76.4 Å². The molecule has 1 aromatic carbocycles. The van der Waals surface area contributed by atoms with Crippen LogP contribution in [0.3, 0.4) is 0 Å². The predicted octanol–water partition coefficient (Wildman–Crippen LogP) is 3.48. The van der Waals surface area contributed by atoms with Gasteiger partial charge in [-0.15, -0.1) is 11.3 Å². The Kier molecular flexibility index (Phi) is 6.29. The average Bonchev–Trinajstić information content (AvgIpc) is 3.13. The first-order valence-corrected chi connectivity index (χ1v) is 8.11. The lowest BCUT2D eigenvalue weighted by atomic mass is 10.1. The maximum atomic E-state index is 12.3. The Morgan fingerprint density at radius 2 is 2.04 bits per heavy atom. The first-order chi connectivity index (χ1) is 11.7. The van der Waals surface area contributed by atoms with Crippen molar-refractivity contribution in [2.24, 2.45) is 0 Å². The highest BCUT2D eigenvalue weighted by Gasteiger charge is 2.14. The predicted molar refractivity (Wildman–Crippen MR) is 90.8 cm³/mol. The SMILES string of the molecule is CCOC(=O)COc1ccccc1C=C(C#N)C(=O)c1cccs1. The van der Waals surface area contributed by atoms with E-state index < -0.39 is 5.97 Å². The van der Waals surface area contributed by atoms with Crippen molar-refractivity contribution >= 4 is 29.2 Å². The van der Waals surface area contributed by atoms with E-state index in [-0.39, 0.29) is 24.6 Å². The third-order valence-corrected chi connectivity index (χ3v) is 3.85. The van der Waals surface area contributed by atoms with E-state index in [1.807, 2.05) is 6.07 Å². The van der Waals surface area contributed by atoms with Crippen LogP contribution < -0.4 is 4.74 Å². The Bertz CT molecular complexity index is 788. The fraction of sp³-hybridized carbons (Fsp3) is 0.167. The summed E-state index contributed by atoms with van der Waals surface area (Å²) in [5.74, 6) is -0.420. The van der Waals surface area contributed by atoms with Gasteiger partial charge in [0, 0.05) is 5.56 Å². The first kappa shape index (κ1) is 17.4. The number of carbonyl (C=O) groups is 2. The summed E-state index contributed by atoms with van der Waals surface area (Å²) in [6.07, 6.45) is 1.46. The van der Waals surface area contributed by atoms with Gasteiger partial charge in [0.1, 0.15) is 17.4 Å². The molecule has 0 atom stereocenters. The number of nitrogens with zero attached hydrogens (tertiary/aromatic N) is 1. The number of para-hydroxylation sites is 1. The summed E-state index contributed by atoms with van der Waals surface area (Å²) in [6, 6.07) is 12.2. The molecule has 0 N–H and O–H groups in total. The number of allylic oxidation sites excluding steroid dienone is 1. The van der Waals surface area contributed by atoms with Crippen LogP contribution in [0.4, 0.5) is 0 Å². The molecule has 0 bridgehead atoms. The molecule has 24 heavy (non-hydrogen) atoms. The van der Waals surface area contributed by atoms with Crippen LogP contribution in [0.5, 0.6) is 5.75 Å². The van der Waals surface area contributed by atoms with Crippen molar-refractivity contribution in [2.45, 2.75) is 6.92 Å². The molecule has 5 nitrogen and oxygen atoms in total. The number of esters is 1. The van der Waals surface area contributed by atoms with Crippen molar-refractivity contribution in [1.29, 1.82) is 5.26 Å². The molecule has 0 spiro atoms. The number of thiophene rings is 1. The van der Waals surface area contributed by atoms with Crippen molar-refractivity contribution in [3.05, 3.63) is 57.8 Å².